The van der Waals surface area contributed by atoms with E-state index < -0.39 is 0 Å². The predicted octanol–water partition coefficient (Wildman–Crippen LogP) is 4.29. The number of hydrogen-bond donors (Lipinski definition) is 1. The molecule has 1 aromatic carbocycles. The van der Waals surface area contributed by atoms with Gasteiger partial charge in [-0.2, -0.15) is 0 Å². The topological polar surface area (TPSA) is 15.3 Å². The molecule has 0 saturated carbocycles. The average molecular weight is 280 g/mol. The quantitative estimate of drug-likeness (QED) is 0.836. The maximum atomic E-state index is 13.9. The molecule has 0 amide bonds. The van der Waals surface area contributed by atoms with Crippen LogP contribution in [0.1, 0.15) is 51.8 Å². The lowest BCUT2D eigenvalue weighted by Crippen LogP contribution is -2.34. The van der Waals surface area contributed by atoms with E-state index in [-0.39, 0.29) is 11.9 Å². The first kappa shape index (κ1) is 17.0. The Morgan fingerprint density at radius 3 is 2.30 bits per heavy atom. The minimum absolute atomic E-state index is 0.126. The molecule has 1 rings (SSSR count). The van der Waals surface area contributed by atoms with Crippen LogP contribution in [0.4, 0.5) is 10.1 Å². The predicted molar refractivity (Wildman–Crippen MR) is 85.9 cm³/mol. The third-order valence-corrected chi connectivity index (χ3v) is 4.24. The number of nitrogens with one attached hydrogen (secondary N) is 1. The van der Waals surface area contributed by atoms with Crippen molar-refractivity contribution in [2.75, 3.05) is 18.5 Å². The van der Waals surface area contributed by atoms with E-state index in [4.69, 9.17) is 0 Å². The molecule has 3 heteroatoms. The summed E-state index contributed by atoms with van der Waals surface area (Å²) in [6.07, 6.45) is 0. The largest absolute Gasteiger partial charge is 0.371 e. The maximum absolute atomic E-state index is 13.9. The molecule has 0 aliphatic heterocycles. The van der Waals surface area contributed by atoms with Gasteiger partial charge in [-0.25, -0.2) is 4.39 Å². The molecule has 2 nitrogen and oxygen atoms in total. The number of benzene rings is 1. The Labute approximate surface area is 123 Å². The summed E-state index contributed by atoms with van der Waals surface area (Å²) in [6.45, 7) is 13.5. The van der Waals surface area contributed by atoms with Gasteiger partial charge in [0.1, 0.15) is 5.82 Å². The molecule has 0 spiro atoms. The lowest BCUT2D eigenvalue weighted by molar-refractivity contribution is 0.500. The molecular formula is C17H29FN2. The average Bonchev–Trinajstić information content (AvgIpc) is 2.39. The number of halogens is 1. The molecule has 2 unspecified atom stereocenters. The van der Waals surface area contributed by atoms with Crippen LogP contribution in [0.25, 0.3) is 0 Å². The Morgan fingerprint density at radius 2 is 1.80 bits per heavy atom. The Balaban J connectivity index is 3.25. The van der Waals surface area contributed by atoms with Gasteiger partial charge in [0.25, 0.3) is 0 Å². The molecule has 0 bridgehead atoms. The Hall–Kier alpha value is -1.09. The van der Waals surface area contributed by atoms with Crippen molar-refractivity contribution in [3.8, 4) is 0 Å². The van der Waals surface area contributed by atoms with Crippen molar-refractivity contribution in [2.45, 2.75) is 53.6 Å². The summed E-state index contributed by atoms with van der Waals surface area (Å²) >= 11 is 0. The van der Waals surface area contributed by atoms with Gasteiger partial charge in [-0.1, -0.05) is 20.8 Å². The van der Waals surface area contributed by atoms with E-state index in [1.54, 1.807) is 6.07 Å². The molecule has 20 heavy (non-hydrogen) atoms. The molecule has 1 aromatic rings. The first-order chi connectivity index (χ1) is 9.29. The molecule has 1 N–H and O–H groups in total. The zero-order valence-electron chi connectivity index (χ0n) is 13.9. The van der Waals surface area contributed by atoms with Crippen LogP contribution in [-0.4, -0.2) is 19.6 Å². The second-order valence-corrected chi connectivity index (χ2v) is 6.04. The van der Waals surface area contributed by atoms with Crippen LogP contribution in [-0.2, 0) is 0 Å². The Morgan fingerprint density at radius 1 is 1.20 bits per heavy atom. The first-order valence-corrected chi connectivity index (χ1v) is 7.55. The summed E-state index contributed by atoms with van der Waals surface area (Å²) in [5.41, 5.74) is 2.86. The molecule has 114 valence electrons. The molecule has 0 aliphatic rings. The summed E-state index contributed by atoms with van der Waals surface area (Å²) in [5, 5.41) is 3.38. The lowest BCUT2D eigenvalue weighted by atomic mass is 9.98. The van der Waals surface area contributed by atoms with Gasteiger partial charge in [0, 0.05) is 24.8 Å². The van der Waals surface area contributed by atoms with Gasteiger partial charge in [0.05, 0.1) is 0 Å². The first-order valence-electron chi connectivity index (χ1n) is 7.55. The Bertz CT molecular complexity index is 443. The fraction of sp³-hybridized carbons (Fsp3) is 0.647. The van der Waals surface area contributed by atoms with Crippen LogP contribution in [0, 0.1) is 18.7 Å². The number of rotatable bonds is 6. The van der Waals surface area contributed by atoms with Crippen molar-refractivity contribution in [3.05, 3.63) is 29.1 Å². The molecule has 0 fully saturated rings. The summed E-state index contributed by atoms with van der Waals surface area (Å²) in [7, 11) is 2.10. The SMILES string of the molecule is CCNC(C)c1cc(F)c(C)cc1N(C)C(C)C(C)C. The molecular weight excluding hydrogens is 251 g/mol. The fourth-order valence-corrected chi connectivity index (χ4v) is 2.42. The van der Waals surface area contributed by atoms with Crippen molar-refractivity contribution < 1.29 is 4.39 Å². The van der Waals surface area contributed by atoms with E-state index in [0.717, 1.165) is 17.8 Å². The van der Waals surface area contributed by atoms with E-state index in [1.165, 1.54) is 0 Å². The smallest absolute Gasteiger partial charge is 0.126 e. The second kappa shape index (κ2) is 7.07. The van der Waals surface area contributed by atoms with E-state index in [0.29, 0.717) is 17.5 Å². The van der Waals surface area contributed by atoms with Gasteiger partial charge in [-0.3, -0.25) is 0 Å². The van der Waals surface area contributed by atoms with Crippen LogP contribution >= 0.6 is 0 Å². The highest BCUT2D eigenvalue weighted by Gasteiger charge is 2.20. The van der Waals surface area contributed by atoms with Crippen LogP contribution in [0.5, 0.6) is 0 Å². The fourth-order valence-electron chi connectivity index (χ4n) is 2.42. The highest BCUT2D eigenvalue weighted by Crippen LogP contribution is 2.31. The van der Waals surface area contributed by atoms with E-state index in [2.05, 4.69) is 51.9 Å². The summed E-state index contributed by atoms with van der Waals surface area (Å²) in [6, 6.07) is 4.21. The van der Waals surface area contributed by atoms with Crippen LogP contribution in [0.2, 0.25) is 0 Å². The zero-order chi connectivity index (χ0) is 15.4. The van der Waals surface area contributed by atoms with Gasteiger partial charge in [-0.05, 0) is 56.5 Å². The molecule has 0 saturated heterocycles. The van der Waals surface area contributed by atoms with Crippen molar-refractivity contribution in [1.29, 1.82) is 0 Å². The third-order valence-electron chi connectivity index (χ3n) is 4.24. The van der Waals surface area contributed by atoms with Crippen LogP contribution in [0.15, 0.2) is 12.1 Å². The Kier molecular flexibility index (Phi) is 6.00. The second-order valence-electron chi connectivity index (χ2n) is 6.04. The zero-order valence-corrected chi connectivity index (χ0v) is 13.9. The number of hydrogen-bond acceptors (Lipinski definition) is 2. The summed E-state index contributed by atoms with van der Waals surface area (Å²) < 4.78 is 13.9. The van der Waals surface area contributed by atoms with Crippen LogP contribution < -0.4 is 10.2 Å². The van der Waals surface area contributed by atoms with Crippen molar-refractivity contribution in [2.24, 2.45) is 5.92 Å². The normalized spacial score (nSPS) is 14.4. The number of anilines is 1. The summed E-state index contributed by atoms with van der Waals surface area (Å²) in [5.74, 6) is 0.423. The van der Waals surface area contributed by atoms with E-state index in [1.807, 2.05) is 13.0 Å². The van der Waals surface area contributed by atoms with Gasteiger partial charge >= 0.3 is 0 Å². The van der Waals surface area contributed by atoms with Crippen LogP contribution in [0.3, 0.4) is 0 Å². The van der Waals surface area contributed by atoms with Gasteiger partial charge in [0.15, 0.2) is 0 Å². The molecule has 0 radical (unpaired) electrons. The number of nitrogens with zero attached hydrogens (tertiary/aromatic N) is 1. The standard InChI is InChI=1S/C17H29FN2/c1-8-19-13(5)15-10-16(18)12(4)9-17(15)20(7)14(6)11(2)3/h9-11,13-14,19H,8H2,1-7H3. The summed E-state index contributed by atoms with van der Waals surface area (Å²) in [4.78, 5) is 2.26. The minimum Gasteiger partial charge on any atom is -0.371 e. The van der Waals surface area contributed by atoms with Crippen molar-refractivity contribution >= 4 is 5.69 Å². The van der Waals surface area contributed by atoms with Gasteiger partial charge < -0.3 is 10.2 Å². The molecule has 0 heterocycles. The van der Waals surface area contributed by atoms with Crippen molar-refractivity contribution in [3.63, 3.8) is 0 Å². The van der Waals surface area contributed by atoms with Crippen molar-refractivity contribution in [1.82, 2.24) is 5.32 Å². The highest BCUT2D eigenvalue weighted by atomic mass is 19.1. The minimum atomic E-state index is -0.126. The number of aryl methyl sites for hydroxylation is 1. The van der Waals surface area contributed by atoms with Gasteiger partial charge in [0.2, 0.25) is 0 Å². The lowest BCUT2D eigenvalue weighted by Gasteiger charge is -2.33. The molecule has 0 aromatic heterocycles. The monoisotopic (exact) mass is 280 g/mol. The molecule has 2 atom stereocenters. The van der Waals surface area contributed by atoms with E-state index in [9.17, 15) is 4.39 Å². The molecule has 0 aliphatic carbocycles. The maximum Gasteiger partial charge on any atom is 0.126 e. The highest BCUT2D eigenvalue weighted by molar-refractivity contribution is 5.57. The van der Waals surface area contributed by atoms with E-state index >= 15 is 0 Å². The van der Waals surface area contributed by atoms with Gasteiger partial charge in [-0.15, -0.1) is 0 Å². The third kappa shape index (κ3) is 3.72.